The van der Waals surface area contributed by atoms with Crippen molar-refractivity contribution >= 4 is 6.29 Å². The lowest BCUT2D eigenvalue weighted by molar-refractivity contribution is 0.112. The molecule has 0 atom stereocenters. The monoisotopic (exact) mass is 178 g/mol. The molecule has 0 radical (unpaired) electrons. The molecule has 0 aliphatic carbocycles. The van der Waals surface area contributed by atoms with Crippen molar-refractivity contribution in [2.75, 3.05) is 0 Å². The molecular formula is C11H14O2. The average molecular weight is 178 g/mol. The summed E-state index contributed by atoms with van der Waals surface area (Å²) in [5.41, 5.74) is 2.26. The molecule has 0 aliphatic rings. The van der Waals surface area contributed by atoms with Gasteiger partial charge in [-0.1, -0.05) is 26.0 Å². The van der Waals surface area contributed by atoms with Crippen molar-refractivity contribution < 1.29 is 9.90 Å². The van der Waals surface area contributed by atoms with Gasteiger partial charge in [0.15, 0.2) is 0 Å². The third-order valence-electron chi connectivity index (χ3n) is 2.26. The molecule has 0 bridgehead atoms. The Bertz CT molecular complexity index is 316. The summed E-state index contributed by atoms with van der Waals surface area (Å²) in [4.78, 5) is 10.6. The first-order valence-corrected chi connectivity index (χ1v) is 4.53. The minimum atomic E-state index is 0.287. The van der Waals surface area contributed by atoms with Crippen LogP contribution in [0.2, 0.25) is 0 Å². The van der Waals surface area contributed by atoms with Gasteiger partial charge in [-0.05, 0) is 18.4 Å². The normalized spacial score (nSPS) is 10.0. The van der Waals surface area contributed by atoms with Gasteiger partial charge in [-0.2, -0.15) is 0 Å². The second kappa shape index (κ2) is 4.08. The number of hydrogen-bond acceptors (Lipinski definition) is 2. The summed E-state index contributed by atoms with van der Waals surface area (Å²) in [7, 11) is 0. The van der Waals surface area contributed by atoms with E-state index in [-0.39, 0.29) is 5.75 Å². The lowest BCUT2D eigenvalue weighted by Gasteiger charge is -2.08. The lowest BCUT2D eigenvalue weighted by atomic mass is 10.00. The molecule has 2 nitrogen and oxygen atoms in total. The smallest absolute Gasteiger partial charge is 0.150 e. The van der Waals surface area contributed by atoms with Gasteiger partial charge < -0.3 is 5.11 Å². The number of phenolic OH excluding ortho intramolecular Hbond substituents is 1. The van der Waals surface area contributed by atoms with Gasteiger partial charge in [0.25, 0.3) is 0 Å². The molecule has 0 heterocycles. The van der Waals surface area contributed by atoms with Gasteiger partial charge >= 0.3 is 0 Å². The van der Waals surface area contributed by atoms with Crippen LogP contribution in [0.25, 0.3) is 0 Å². The highest BCUT2D eigenvalue weighted by atomic mass is 16.3. The SMILES string of the molecule is CCc1ccc(C=O)c(CC)c1O. The molecule has 0 aromatic heterocycles. The quantitative estimate of drug-likeness (QED) is 0.721. The van der Waals surface area contributed by atoms with Crippen LogP contribution in [0.4, 0.5) is 0 Å². The van der Waals surface area contributed by atoms with Crippen molar-refractivity contribution in [3.05, 3.63) is 28.8 Å². The zero-order chi connectivity index (χ0) is 9.84. The summed E-state index contributed by atoms with van der Waals surface area (Å²) in [5, 5.41) is 9.74. The fourth-order valence-electron chi connectivity index (χ4n) is 1.47. The molecule has 1 N–H and O–H groups in total. The summed E-state index contributed by atoms with van der Waals surface area (Å²) >= 11 is 0. The zero-order valence-electron chi connectivity index (χ0n) is 8.00. The van der Waals surface area contributed by atoms with E-state index in [1.165, 1.54) is 0 Å². The minimum absolute atomic E-state index is 0.287. The topological polar surface area (TPSA) is 37.3 Å². The third kappa shape index (κ3) is 1.72. The van der Waals surface area contributed by atoms with Crippen LogP contribution in [0, 0.1) is 0 Å². The van der Waals surface area contributed by atoms with E-state index in [0.717, 1.165) is 23.8 Å². The van der Waals surface area contributed by atoms with Gasteiger partial charge in [0.1, 0.15) is 12.0 Å². The predicted octanol–water partition coefficient (Wildman–Crippen LogP) is 2.33. The van der Waals surface area contributed by atoms with E-state index in [9.17, 15) is 9.90 Å². The van der Waals surface area contributed by atoms with Crippen LogP contribution in [-0.4, -0.2) is 11.4 Å². The number of rotatable bonds is 3. The number of carbonyl (C=O) groups is 1. The average Bonchev–Trinajstić information content (AvgIpc) is 2.17. The van der Waals surface area contributed by atoms with Crippen LogP contribution in [-0.2, 0) is 12.8 Å². The summed E-state index contributed by atoms with van der Waals surface area (Å²) in [6, 6.07) is 3.57. The van der Waals surface area contributed by atoms with Gasteiger partial charge in [-0.3, -0.25) is 4.79 Å². The number of aromatic hydroxyl groups is 1. The van der Waals surface area contributed by atoms with E-state index < -0.39 is 0 Å². The molecule has 2 heteroatoms. The van der Waals surface area contributed by atoms with E-state index in [1.54, 1.807) is 12.1 Å². The van der Waals surface area contributed by atoms with Crippen molar-refractivity contribution in [1.29, 1.82) is 0 Å². The maximum atomic E-state index is 10.6. The molecule has 0 amide bonds. The van der Waals surface area contributed by atoms with Gasteiger partial charge in [-0.15, -0.1) is 0 Å². The summed E-state index contributed by atoms with van der Waals surface area (Å²) in [6.07, 6.45) is 2.27. The first kappa shape index (κ1) is 9.78. The summed E-state index contributed by atoms with van der Waals surface area (Å²) in [6.45, 7) is 3.91. The first-order chi connectivity index (χ1) is 6.24. The van der Waals surface area contributed by atoms with E-state index in [2.05, 4.69) is 0 Å². The number of carbonyl (C=O) groups excluding carboxylic acids is 1. The van der Waals surface area contributed by atoms with Crippen molar-refractivity contribution in [3.63, 3.8) is 0 Å². The largest absolute Gasteiger partial charge is 0.507 e. The van der Waals surface area contributed by atoms with Crippen LogP contribution in [0.1, 0.15) is 35.3 Å². The Morgan fingerprint density at radius 1 is 1.31 bits per heavy atom. The maximum Gasteiger partial charge on any atom is 0.150 e. The molecule has 70 valence electrons. The van der Waals surface area contributed by atoms with Crippen molar-refractivity contribution in [3.8, 4) is 5.75 Å². The molecule has 1 rings (SSSR count). The van der Waals surface area contributed by atoms with Gasteiger partial charge in [0.2, 0.25) is 0 Å². The molecule has 0 fully saturated rings. The molecule has 0 saturated heterocycles. The molecular weight excluding hydrogens is 164 g/mol. The predicted molar refractivity (Wildman–Crippen MR) is 52.3 cm³/mol. The highest BCUT2D eigenvalue weighted by Gasteiger charge is 2.08. The molecule has 1 aromatic rings. The maximum absolute atomic E-state index is 10.6. The number of benzene rings is 1. The molecule has 13 heavy (non-hydrogen) atoms. The Balaban J connectivity index is 3.31. The highest BCUT2D eigenvalue weighted by molar-refractivity contribution is 5.79. The Hall–Kier alpha value is -1.31. The Kier molecular flexibility index (Phi) is 3.07. The van der Waals surface area contributed by atoms with E-state index in [4.69, 9.17) is 0 Å². The summed E-state index contributed by atoms with van der Waals surface area (Å²) in [5.74, 6) is 0.287. The Morgan fingerprint density at radius 3 is 2.46 bits per heavy atom. The second-order valence-electron chi connectivity index (χ2n) is 2.97. The van der Waals surface area contributed by atoms with Crippen LogP contribution in [0.5, 0.6) is 5.75 Å². The van der Waals surface area contributed by atoms with E-state index >= 15 is 0 Å². The fraction of sp³-hybridized carbons (Fsp3) is 0.364. The van der Waals surface area contributed by atoms with E-state index in [1.807, 2.05) is 13.8 Å². The fourth-order valence-corrected chi connectivity index (χ4v) is 1.47. The standard InChI is InChI=1S/C11H14O2/c1-3-8-5-6-9(7-12)10(4-2)11(8)13/h5-7,13H,3-4H2,1-2H3. The van der Waals surface area contributed by atoms with Crippen LogP contribution >= 0.6 is 0 Å². The Morgan fingerprint density at radius 2 is 2.00 bits per heavy atom. The van der Waals surface area contributed by atoms with Crippen LogP contribution < -0.4 is 0 Å². The van der Waals surface area contributed by atoms with Crippen molar-refractivity contribution in [1.82, 2.24) is 0 Å². The number of aldehydes is 1. The first-order valence-electron chi connectivity index (χ1n) is 4.53. The molecule has 0 saturated carbocycles. The van der Waals surface area contributed by atoms with Gasteiger partial charge in [0, 0.05) is 11.1 Å². The van der Waals surface area contributed by atoms with Crippen LogP contribution in [0.15, 0.2) is 12.1 Å². The highest BCUT2D eigenvalue weighted by Crippen LogP contribution is 2.26. The summed E-state index contributed by atoms with van der Waals surface area (Å²) < 4.78 is 0. The molecule has 0 spiro atoms. The van der Waals surface area contributed by atoms with Crippen LogP contribution in [0.3, 0.4) is 0 Å². The lowest BCUT2D eigenvalue weighted by Crippen LogP contribution is -1.94. The third-order valence-corrected chi connectivity index (χ3v) is 2.26. The second-order valence-corrected chi connectivity index (χ2v) is 2.97. The number of aryl methyl sites for hydroxylation is 1. The minimum Gasteiger partial charge on any atom is -0.507 e. The Labute approximate surface area is 78.2 Å². The number of phenols is 1. The number of hydrogen-bond donors (Lipinski definition) is 1. The van der Waals surface area contributed by atoms with Gasteiger partial charge in [0.05, 0.1) is 0 Å². The molecule has 0 unspecified atom stereocenters. The molecule has 1 aromatic carbocycles. The van der Waals surface area contributed by atoms with Crippen molar-refractivity contribution in [2.24, 2.45) is 0 Å². The van der Waals surface area contributed by atoms with E-state index in [0.29, 0.717) is 12.0 Å². The zero-order valence-corrected chi connectivity index (χ0v) is 8.00. The molecule has 0 aliphatic heterocycles. The van der Waals surface area contributed by atoms with Gasteiger partial charge in [-0.25, -0.2) is 0 Å². The van der Waals surface area contributed by atoms with Crippen molar-refractivity contribution in [2.45, 2.75) is 26.7 Å².